The minimum atomic E-state index is -0.894. The van der Waals surface area contributed by atoms with E-state index in [1.54, 1.807) is 31.2 Å². The van der Waals surface area contributed by atoms with Crippen molar-refractivity contribution in [3.05, 3.63) is 29.8 Å². The van der Waals surface area contributed by atoms with Crippen LogP contribution in [0.5, 0.6) is 5.75 Å². The molecule has 2 rings (SSSR count). The molecule has 0 heterocycles. The van der Waals surface area contributed by atoms with E-state index >= 15 is 0 Å². The fourth-order valence-corrected chi connectivity index (χ4v) is 2.62. The molecule has 1 aromatic rings. The summed E-state index contributed by atoms with van der Waals surface area (Å²) >= 11 is 0. The zero-order chi connectivity index (χ0) is 19.9. The van der Waals surface area contributed by atoms with Crippen LogP contribution in [0.1, 0.15) is 49.9 Å². The number of amides is 1. The van der Waals surface area contributed by atoms with Crippen LogP contribution in [-0.2, 0) is 14.3 Å². The van der Waals surface area contributed by atoms with Crippen molar-refractivity contribution < 1.29 is 23.9 Å². The van der Waals surface area contributed by atoms with Gasteiger partial charge in [0.05, 0.1) is 12.7 Å². The molecule has 0 aliphatic heterocycles. The van der Waals surface area contributed by atoms with Gasteiger partial charge in [-0.1, -0.05) is 0 Å². The molecule has 1 aliphatic carbocycles. The Labute approximate surface area is 158 Å². The number of hydrogen-bond donors (Lipinski definition) is 1. The molecule has 1 aliphatic rings. The summed E-state index contributed by atoms with van der Waals surface area (Å²) in [6, 6.07) is 8.88. The molecule has 144 valence electrons. The van der Waals surface area contributed by atoms with Crippen molar-refractivity contribution in [3.8, 4) is 11.8 Å². The van der Waals surface area contributed by atoms with Crippen molar-refractivity contribution in [1.29, 1.82) is 5.26 Å². The molecular weight excluding hydrogens is 348 g/mol. The van der Waals surface area contributed by atoms with Gasteiger partial charge in [0.1, 0.15) is 11.3 Å². The number of Topliss-reactive ketones (excluding diaryl/α,β-unsaturated/α-hetero) is 1. The number of nitrogens with zero attached hydrogens (tertiary/aromatic N) is 1. The lowest BCUT2D eigenvalue weighted by Crippen LogP contribution is -2.48. The van der Waals surface area contributed by atoms with Crippen LogP contribution in [-0.4, -0.2) is 36.4 Å². The molecule has 0 radical (unpaired) electrons. The standard InChI is InChI=1S/C20H24N2O5/c1-14(23)15-5-9-17(10-6-15)26-11-3-4-19(25)27-12-18(24)22-20(2,13-21)16-7-8-16/h5-6,9-10,16H,3-4,7-8,11-12H2,1-2H3,(H,22,24)/t20-/m1/s1. The van der Waals surface area contributed by atoms with Crippen molar-refractivity contribution in [1.82, 2.24) is 5.32 Å². The largest absolute Gasteiger partial charge is 0.494 e. The zero-order valence-corrected chi connectivity index (χ0v) is 15.6. The predicted octanol–water partition coefficient (Wildman–Crippen LogP) is 2.40. The maximum atomic E-state index is 11.9. The smallest absolute Gasteiger partial charge is 0.306 e. The van der Waals surface area contributed by atoms with Crippen LogP contribution < -0.4 is 10.1 Å². The summed E-state index contributed by atoms with van der Waals surface area (Å²) in [4.78, 5) is 34.8. The van der Waals surface area contributed by atoms with Crippen LogP contribution in [0.4, 0.5) is 0 Å². The summed E-state index contributed by atoms with van der Waals surface area (Å²) in [7, 11) is 0. The average molecular weight is 372 g/mol. The molecule has 7 heteroatoms. The van der Waals surface area contributed by atoms with E-state index in [0.29, 0.717) is 24.3 Å². The zero-order valence-electron chi connectivity index (χ0n) is 15.6. The lowest BCUT2D eigenvalue weighted by molar-refractivity contribution is -0.149. The maximum Gasteiger partial charge on any atom is 0.306 e. The van der Waals surface area contributed by atoms with Gasteiger partial charge in [-0.25, -0.2) is 0 Å². The Morgan fingerprint density at radius 1 is 1.26 bits per heavy atom. The molecule has 0 saturated heterocycles. The van der Waals surface area contributed by atoms with Gasteiger partial charge in [-0.15, -0.1) is 0 Å². The second-order valence-corrected chi connectivity index (χ2v) is 6.83. The Balaban J connectivity index is 1.61. The molecule has 0 spiro atoms. The summed E-state index contributed by atoms with van der Waals surface area (Å²) in [5, 5.41) is 11.8. The number of ether oxygens (including phenoxy) is 2. The number of carbonyl (C=O) groups excluding carboxylic acids is 3. The number of carbonyl (C=O) groups is 3. The van der Waals surface area contributed by atoms with Crippen LogP contribution in [0.15, 0.2) is 24.3 Å². The molecule has 1 saturated carbocycles. The Hall–Kier alpha value is -2.88. The van der Waals surface area contributed by atoms with Crippen molar-refractivity contribution >= 4 is 17.7 Å². The van der Waals surface area contributed by atoms with Gasteiger partial charge < -0.3 is 14.8 Å². The molecule has 1 fully saturated rings. The summed E-state index contributed by atoms with van der Waals surface area (Å²) in [6.45, 7) is 3.10. The van der Waals surface area contributed by atoms with E-state index in [9.17, 15) is 19.6 Å². The third-order valence-electron chi connectivity index (χ3n) is 4.44. The number of rotatable bonds is 10. The third-order valence-corrected chi connectivity index (χ3v) is 4.44. The fraction of sp³-hybridized carbons (Fsp3) is 0.500. The van der Waals surface area contributed by atoms with Gasteiger partial charge in [-0.05, 0) is 63.3 Å². The summed E-state index contributed by atoms with van der Waals surface area (Å²) in [5.74, 6) is -0.195. The molecule has 1 amide bonds. The molecular formula is C20H24N2O5. The highest BCUT2D eigenvalue weighted by Crippen LogP contribution is 2.39. The van der Waals surface area contributed by atoms with Gasteiger partial charge in [0.25, 0.3) is 5.91 Å². The molecule has 0 aromatic heterocycles. The lowest BCUT2D eigenvalue weighted by atomic mass is 9.98. The van der Waals surface area contributed by atoms with E-state index in [2.05, 4.69) is 11.4 Å². The second kappa shape index (κ2) is 9.17. The quantitative estimate of drug-likeness (QED) is 0.384. The SMILES string of the molecule is CC(=O)c1ccc(OCCCC(=O)OCC(=O)N[C@](C)(C#N)C2CC2)cc1. The monoisotopic (exact) mass is 372 g/mol. The van der Waals surface area contributed by atoms with Crippen LogP contribution in [0, 0.1) is 17.2 Å². The van der Waals surface area contributed by atoms with E-state index in [-0.39, 0.29) is 18.1 Å². The van der Waals surface area contributed by atoms with Gasteiger partial charge in [0, 0.05) is 12.0 Å². The fourth-order valence-electron chi connectivity index (χ4n) is 2.62. The van der Waals surface area contributed by atoms with Crippen LogP contribution in [0.3, 0.4) is 0 Å². The predicted molar refractivity (Wildman–Crippen MR) is 97.0 cm³/mol. The first kappa shape index (κ1) is 20.4. The van der Waals surface area contributed by atoms with E-state index < -0.39 is 24.0 Å². The average Bonchev–Trinajstić information content (AvgIpc) is 3.49. The van der Waals surface area contributed by atoms with Crippen LogP contribution in [0.2, 0.25) is 0 Å². The first-order valence-corrected chi connectivity index (χ1v) is 8.96. The topological polar surface area (TPSA) is 105 Å². The normalized spacial score (nSPS) is 15.1. The summed E-state index contributed by atoms with van der Waals surface area (Å²) in [6.07, 6.45) is 2.40. The van der Waals surface area contributed by atoms with Crippen LogP contribution >= 0.6 is 0 Å². The van der Waals surface area contributed by atoms with Gasteiger partial charge in [0.2, 0.25) is 0 Å². The van der Waals surface area contributed by atoms with Crippen molar-refractivity contribution in [2.75, 3.05) is 13.2 Å². The van der Waals surface area contributed by atoms with E-state index in [4.69, 9.17) is 9.47 Å². The first-order valence-electron chi connectivity index (χ1n) is 8.96. The van der Waals surface area contributed by atoms with Gasteiger partial charge in [-0.2, -0.15) is 5.26 Å². The molecule has 1 aromatic carbocycles. The van der Waals surface area contributed by atoms with Crippen molar-refractivity contribution in [3.63, 3.8) is 0 Å². The Morgan fingerprint density at radius 3 is 2.48 bits per heavy atom. The van der Waals surface area contributed by atoms with Crippen molar-refractivity contribution in [2.45, 2.75) is 45.1 Å². The van der Waals surface area contributed by atoms with E-state index in [0.717, 1.165) is 12.8 Å². The minimum absolute atomic E-state index is 0.0134. The number of ketones is 1. The van der Waals surface area contributed by atoms with E-state index in [1.807, 2.05) is 0 Å². The summed E-state index contributed by atoms with van der Waals surface area (Å²) < 4.78 is 10.4. The number of esters is 1. The molecule has 1 N–H and O–H groups in total. The Bertz CT molecular complexity index is 734. The van der Waals surface area contributed by atoms with Crippen molar-refractivity contribution in [2.24, 2.45) is 5.92 Å². The lowest BCUT2D eigenvalue weighted by Gasteiger charge is -2.22. The van der Waals surface area contributed by atoms with Crippen LogP contribution in [0.25, 0.3) is 0 Å². The minimum Gasteiger partial charge on any atom is -0.494 e. The Kier molecular flexibility index (Phi) is 6.94. The molecule has 0 bridgehead atoms. The molecule has 1 atom stereocenters. The summed E-state index contributed by atoms with van der Waals surface area (Å²) in [5.41, 5.74) is -0.284. The number of benzene rings is 1. The number of nitriles is 1. The molecule has 27 heavy (non-hydrogen) atoms. The second-order valence-electron chi connectivity index (χ2n) is 6.83. The maximum absolute atomic E-state index is 11.9. The first-order chi connectivity index (χ1) is 12.8. The Morgan fingerprint density at radius 2 is 1.93 bits per heavy atom. The van der Waals surface area contributed by atoms with Gasteiger partial charge >= 0.3 is 5.97 Å². The van der Waals surface area contributed by atoms with Gasteiger partial charge in [-0.3, -0.25) is 14.4 Å². The highest BCUT2D eigenvalue weighted by molar-refractivity contribution is 5.94. The number of nitrogens with one attached hydrogen (secondary N) is 1. The molecule has 7 nitrogen and oxygen atoms in total. The highest BCUT2D eigenvalue weighted by atomic mass is 16.5. The van der Waals surface area contributed by atoms with Gasteiger partial charge in [0.15, 0.2) is 12.4 Å². The van der Waals surface area contributed by atoms with E-state index in [1.165, 1.54) is 6.92 Å². The number of hydrogen-bond acceptors (Lipinski definition) is 6. The molecule has 0 unspecified atom stereocenters. The highest BCUT2D eigenvalue weighted by Gasteiger charge is 2.43. The third kappa shape index (κ3) is 6.41.